The third-order valence-corrected chi connectivity index (χ3v) is 23.2. The lowest BCUT2D eigenvalue weighted by atomic mass is 9.99. The Kier molecular flexibility index (Phi) is 78.8. The van der Waals surface area contributed by atoms with Gasteiger partial charge in [-0.1, -0.05) is 427 Å². The summed E-state index contributed by atoms with van der Waals surface area (Å²) in [6.45, 7) is 9.77. The zero-order valence-corrected chi connectivity index (χ0v) is 73.0. The molecule has 0 heterocycles. The first-order valence-electron chi connectivity index (χ1n) is 46.0. The molecule has 3 N–H and O–H groups in total. The summed E-state index contributed by atoms with van der Waals surface area (Å²) in [5.74, 6) is -0.407. The Morgan fingerprint density at radius 1 is 0.269 bits per heavy atom. The Balaban J connectivity index is 5.18. The first-order valence-corrected chi connectivity index (χ1v) is 49.0. The summed E-state index contributed by atoms with van der Waals surface area (Å²) in [6.07, 6.45) is 73.7. The number of aliphatic hydroxyl groups is 1. The van der Waals surface area contributed by atoms with Gasteiger partial charge in [-0.3, -0.25) is 37.3 Å². The van der Waals surface area contributed by atoms with Gasteiger partial charge in [-0.25, -0.2) is 9.13 Å². The molecule has 0 aliphatic rings. The highest BCUT2D eigenvalue weighted by atomic mass is 31.2. The highest BCUT2D eigenvalue weighted by Crippen LogP contribution is 2.45. The van der Waals surface area contributed by atoms with E-state index in [4.69, 9.17) is 37.0 Å². The van der Waals surface area contributed by atoms with Gasteiger partial charge in [-0.05, 0) is 37.5 Å². The second-order valence-electron chi connectivity index (χ2n) is 32.7. The smallest absolute Gasteiger partial charge is 0.462 e. The Morgan fingerprint density at radius 2 is 0.472 bits per heavy atom. The van der Waals surface area contributed by atoms with Crippen LogP contribution in [0.5, 0.6) is 0 Å². The number of phosphoric ester groups is 2. The minimum absolute atomic E-state index is 0.109. The van der Waals surface area contributed by atoms with Crippen LogP contribution in [0.25, 0.3) is 0 Å². The van der Waals surface area contributed by atoms with Gasteiger partial charge in [0, 0.05) is 25.7 Å². The van der Waals surface area contributed by atoms with Crippen LogP contribution in [-0.2, 0) is 65.4 Å². The molecule has 0 aliphatic heterocycles. The molecule has 6 atom stereocenters. The number of hydrogen-bond donors (Lipinski definition) is 3. The highest BCUT2D eigenvalue weighted by molar-refractivity contribution is 7.47. The summed E-state index contributed by atoms with van der Waals surface area (Å²) >= 11 is 0. The van der Waals surface area contributed by atoms with Crippen LogP contribution in [0.15, 0.2) is 0 Å². The van der Waals surface area contributed by atoms with Crippen molar-refractivity contribution in [2.45, 2.75) is 496 Å². The van der Waals surface area contributed by atoms with E-state index in [2.05, 4.69) is 41.5 Å². The summed E-state index contributed by atoms with van der Waals surface area (Å²) in [5.41, 5.74) is 0. The highest BCUT2D eigenvalue weighted by Gasteiger charge is 2.31. The van der Waals surface area contributed by atoms with E-state index < -0.39 is 97.5 Å². The summed E-state index contributed by atoms with van der Waals surface area (Å²) in [7, 11) is -9.93. The van der Waals surface area contributed by atoms with Gasteiger partial charge in [0.05, 0.1) is 26.4 Å². The van der Waals surface area contributed by atoms with Crippen LogP contribution in [0, 0.1) is 11.8 Å². The van der Waals surface area contributed by atoms with Crippen LogP contribution in [0.4, 0.5) is 0 Å². The summed E-state index contributed by atoms with van der Waals surface area (Å²) in [4.78, 5) is 73.2. The van der Waals surface area contributed by atoms with Gasteiger partial charge in [0.1, 0.15) is 19.3 Å². The van der Waals surface area contributed by atoms with E-state index in [0.717, 1.165) is 108 Å². The fourth-order valence-corrected chi connectivity index (χ4v) is 15.5. The van der Waals surface area contributed by atoms with Crippen LogP contribution in [-0.4, -0.2) is 96.7 Å². The molecule has 17 nitrogen and oxygen atoms in total. The molecule has 0 rings (SSSR count). The van der Waals surface area contributed by atoms with Crippen LogP contribution in [0.2, 0.25) is 0 Å². The standard InChI is InChI=1S/C89H174O17P2/c1-7-10-12-14-16-18-19-20-21-26-34-39-44-49-55-61-67-73-88(93)105-84(77-99-86(91)71-65-59-53-17-15-13-11-8-2)79-103-107(95,96)101-75-83(90)76-102-108(97,98)104-80-85(78-100-87(92)72-66-60-54-48-43-38-33-29-24-22-27-31-36-41-46-51-57-63-69-81(4)5)106-89(94)74-68-62-56-50-45-40-35-30-25-23-28-32-37-42-47-52-58-64-70-82(6)9-3/h81-85,90H,7-80H2,1-6H3,(H,95,96)(H,97,98)/t82?,83-,84+,85+/m0/s1. The lowest BCUT2D eigenvalue weighted by molar-refractivity contribution is -0.161. The number of aliphatic hydroxyl groups excluding tert-OH is 1. The molecule has 19 heteroatoms. The van der Waals surface area contributed by atoms with Gasteiger partial charge in [0.15, 0.2) is 12.2 Å². The van der Waals surface area contributed by atoms with Crippen LogP contribution >= 0.6 is 15.6 Å². The van der Waals surface area contributed by atoms with Crippen molar-refractivity contribution in [2.24, 2.45) is 11.8 Å². The molecule has 0 amide bonds. The summed E-state index contributed by atoms with van der Waals surface area (Å²) < 4.78 is 68.9. The molecule has 3 unspecified atom stereocenters. The van der Waals surface area contributed by atoms with Crippen LogP contribution < -0.4 is 0 Å². The number of phosphoric acid groups is 2. The van der Waals surface area contributed by atoms with Gasteiger partial charge in [0.2, 0.25) is 0 Å². The molecule has 0 bridgehead atoms. The third kappa shape index (κ3) is 80.7. The Labute approximate surface area is 664 Å². The number of rotatable bonds is 88. The molecule has 0 radical (unpaired) electrons. The molecular weight excluding hydrogens is 1400 g/mol. The van der Waals surface area contributed by atoms with E-state index in [9.17, 15) is 43.2 Å². The minimum Gasteiger partial charge on any atom is -0.462 e. The molecule has 0 aromatic heterocycles. The van der Waals surface area contributed by atoms with Gasteiger partial charge < -0.3 is 33.8 Å². The molecule has 0 aromatic carbocycles. The predicted octanol–water partition coefficient (Wildman–Crippen LogP) is 27.4. The third-order valence-electron chi connectivity index (χ3n) is 21.3. The van der Waals surface area contributed by atoms with Crippen molar-refractivity contribution >= 4 is 39.5 Å². The SMILES string of the molecule is CCCCCCCCCCCCCCCCCCCC(=O)O[C@H](COC(=O)CCCCCCCCCC)COP(=O)(O)OC[C@H](O)COP(=O)(O)OC[C@@H](COC(=O)CCCCCCCCCCCCCCCCCCCCC(C)C)OC(=O)CCCCCCCCCCCCCCCCCCCCC(C)CC. The molecule has 0 aliphatic carbocycles. The summed E-state index contributed by atoms with van der Waals surface area (Å²) in [5, 5.41) is 10.7. The maximum atomic E-state index is 13.2. The van der Waals surface area contributed by atoms with E-state index in [1.807, 2.05) is 0 Å². The van der Waals surface area contributed by atoms with Crippen molar-refractivity contribution in [3.63, 3.8) is 0 Å². The lowest BCUT2D eigenvalue weighted by Crippen LogP contribution is -2.30. The normalized spacial score (nSPS) is 14.0. The molecule has 0 fully saturated rings. The molecule has 642 valence electrons. The average Bonchev–Trinajstić information content (AvgIpc) is 0.899. The molecule has 0 spiro atoms. The van der Waals surface area contributed by atoms with Crippen molar-refractivity contribution in [2.75, 3.05) is 39.6 Å². The van der Waals surface area contributed by atoms with E-state index in [1.54, 1.807) is 0 Å². The van der Waals surface area contributed by atoms with Crippen LogP contribution in [0.1, 0.15) is 478 Å². The number of esters is 4. The zero-order valence-electron chi connectivity index (χ0n) is 71.2. The van der Waals surface area contributed by atoms with Gasteiger partial charge >= 0.3 is 39.5 Å². The Hall–Kier alpha value is -1.94. The minimum atomic E-state index is -4.97. The van der Waals surface area contributed by atoms with Crippen molar-refractivity contribution in [3.8, 4) is 0 Å². The maximum Gasteiger partial charge on any atom is 0.472 e. The molecule has 0 saturated carbocycles. The first kappa shape index (κ1) is 106. The van der Waals surface area contributed by atoms with E-state index in [0.29, 0.717) is 25.7 Å². The second kappa shape index (κ2) is 80.3. The van der Waals surface area contributed by atoms with Crippen molar-refractivity contribution in [1.29, 1.82) is 0 Å². The zero-order chi connectivity index (χ0) is 79.2. The number of ether oxygens (including phenoxy) is 4. The first-order chi connectivity index (χ1) is 52.4. The average molecular weight is 1580 g/mol. The van der Waals surface area contributed by atoms with Gasteiger partial charge in [-0.15, -0.1) is 0 Å². The Bertz CT molecular complexity index is 2070. The topological polar surface area (TPSA) is 237 Å². The fraction of sp³-hybridized carbons (Fsp3) is 0.955. The van der Waals surface area contributed by atoms with Crippen LogP contribution in [0.3, 0.4) is 0 Å². The quantitative estimate of drug-likeness (QED) is 0.0222. The van der Waals surface area contributed by atoms with E-state index in [-0.39, 0.29) is 25.7 Å². The number of unbranched alkanes of at least 4 members (excludes halogenated alkanes) is 57. The van der Waals surface area contributed by atoms with Crippen molar-refractivity contribution in [1.82, 2.24) is 0 Å². The van der Waals surface area contributed by atoms with Crippen molar-refractivity contribution in [3.05, 3.63) is 0 Å². The van der Waals surface area contributed by atoms with E-state index >= 15 is 0 Å². The monoisotopic (exact) mass is 1580 g/mol. The Morgan fingerprint density at radius 3 is 0.704 bits per heavy atom. The van der Waals surface area contributed by atoms with E-state index in [1.165, 1.54) is 289 Å². The number of carbonyl (C=O) groups is 4. The molecule has 0 aromatic rings. The van der Waals surface area contributed by atoms with Gasteiger partial charge in [0.25, 0.3) is 0 Å². The number of carbonyl (C=O) groups excluding carboxylic acids is 4. The second-order valence-corrected chi connectivity index (χ2v) is 35.6. The largest absolute Gasteiger partial charge is 0.472 e. The maximum absolute atomic E-state index is 13.2. The molecule has 108 heavy (non-hydrogen) atoms. The molecule has 0 saturated heterocycles. The summed E-state index contributed by atoms with van der Waals surface area (Å²) in [6, 6.07) is 0. The lowest BCUT2D eigenvalue weighted by Gasteiger charge is -2.21. The van der Waals surface area contributed by atoms with Gasteiger partial charge in [-0.2, -0.15) is 0 Å². The predicted molar refractivity (Wildman–Crippen MR) is 446 cm³/mol. The number of hydrogen-bond acceptors (Lipinski definition) is 15. The van der Waals surface area contributed by atoms with Crippen molar-refractivity contribution < 1.29 is 80.2 Å². The fourth-order valence-electron chi connectivity index (χ4n) is 13.9. The molecular formula is C89H174O17P2.